The molecule has 0 bridgehead atoms. The first-order chi connectivity index (χ1) is 13.8. The third-order valence-electron chi connectivity index (χ3n) is 4.81. The minimum absolute atomic E-state index is 0.625. The fourth-order valence-electron chi connectivity index (χ4n) is 3.52. The van der Waals surface area contributed by atoms with Gasteiger partial charge in [0.2, 0.25) is 0 Å². The molecule has 2 aromatic carbocycles. The van der Waals surface area contributed by atoms with E-state index in [4.69, 9.17) is 10.1 Å². The molecule has 3 heterocycles. The number of H-pyrrole nitrogens is 1. The molecule has 0 radical (unpaired) electrons. The van der Waals surface area contributed by atoms with Gasteiger partial charge in [0.25, 0.3) is 0 Å². The fourth-order valence-corrected chi connectivity index (χ4v) is 4.24. The van der Waals surface area contributed by atoms with Gasteiger partial charge in [-0.15, -0.1) is 10.2 Å². The molecule has 28 heavy (non-hydrogen) atoms. The van der Waals surface area contributed by atoms with Crippen LogP contribution in [-0.2, 0) is 19.5 Å². The van der Waals surface area contributed by atoms with E-state index in [1.807, 2.05) is 22.9 Å². The molecular weight excluding hydrogens is 467 g/mol. The van der Waals surface area contributed by atoms with Crippen molar-refractivity contribution in [3.05, 3.63) is 63.9 Å². The molecule has 8 nitrogen and oxygen atoms in total. The number of rotatable bonds is 6. The van der Waals surface area contributed by atoms with E-state index in [2.05, 4.69) is 78.1 Å². The number of para-hydroxylation sites is 3. The summed E-state index contributed by atoms with van der Waals surface area (Å²) in [7, 11) is 0. The molecule has 1 N–H and O–H groups in total. The van der Waals surface area contributed by atoms with Gasteiger partial charge in [0, 0.05) is 18.4 Å². The van der Waals surface area contributed by atoms with E-state index in [1.165, 1.54) is 5.39 Å². The number of aromatic nitrogens is 8. The Hall–Kier alpha value is -2.82. The lowest BCUT2D eigenvalue weighted by molar-refractivity contribution is 0.581. The van der Waals surface area contributed by atoms with Gasteiger partial charge in [-0.2, -0.15) is 10.3 Å². The summed E-state index contributed by atoms with van der Waals surface area (Å²) in [6.45, 7) is 1.46. The van der Waals surface area contributed by atoms with Crippen LogP contribution in [0, 0.1) is 3.70 Å². The Bertz CT molecular complexity index is 1240. The molecule has 0 atom stereocenters. The molecule has 0 saturated heterocycles. The van der Waals surface area contributed by atoms with Crippen LogP contribution < -0.4 is 0 Å². The number of aromatic amines is 1. The van der Waals surface area contributed by atoms with Crippen molar-refractivity contribution in [2.45, 2.75) is 25.9 Å². The minimum atomic E-state index is 0.625. The zero-order valence-electron chi connectivity index (χ0n) is 15.0. The highest BCUT2D eigenvalue weighted by Gasteiger charge is 2.14. The quantitative estimate of drug-likeness (QED) is 0.374. The van der Waals surface area contributed by atoms with Gasteiger partial charge in [-0.1, -0.05) is 35.5 Å². The van der Waals surface area contributed by atoms with Crippen LogP contribution in [0.4, 0.5) is 0 Å². The van der Waals surface area contributed by atoms with E-state index < -0.39 is 0 Å². The van der Waals surface area contributed by atoms with Gasteiger partial charge in [-0.25, -0.2) is 4.98 Å². The van der Waals surface area contributed by atoms with Crippen LogP contribution in [-0.4, -0.2) is 40.0 Å². The lowest BCUT2D eigenvalue weighted by Gasteiger charge is -2.09. The van der Waals surface area contributed by atoms with Gasteiger partial charge in [-0.3, -0.25) is 4.68 Å². The number of benzene rings is 2. The molecule has 0 saturated carbocycles. The number of tetrazole rings is 1. The summed E-state index contributed by atoms with van der Waals surface area (Å²) in [5.41, 5.74) is 3.26. The molecule has 3 aromatic heterocycles. The Morgan fingerprint density at radius 3 is 2.68 bits per heavy atom. The monoisotopic (exact) mass is 484 g/mol. The minimum Gasteiger partial charge on any atom is -0.326 e. The molecule has 5 aromatic rings. The Morgan fingerprint density at radius 2 is 1.82 bits per heavy atom. The molecule has 0 aliphatic rings. The van der Waals surface area contributed by atoms with Gasteiger partial charge >= 0.3 is 0 Å². The maximum absolute atomic E-state index is 4.89. The summed E-state index contributed by atoms with van der Waals surface area (Å²) in [6.07, 6.45) is 1.68. The first-order valence-corrected chi connectivity index (χ1v) is 10.1. The molecule has 140 valence electrons. The van der Waals surface area contributed by atoms with E-state index in [-0.39, 0.29) is 0 Å². The van der Waals surface area contributed by atoms with Gasteiger partial charge in [-0.05, 0) is 47.2 Å². The van der Waals surface area contributed by atoms with E-state index in [0.29, 0.717) is 6.54 Å². The maximum Gasteiger partial charge on any atom is 0.174 e. The van der Waals surface area contributed by atoms with E-state index in [0.717, 1.165) is 51.3 Å². The van der Waals surface area contributed by atoms with Crippen molar-refractivity contribution in [3.63, 3.8) is 0 Å². The summed E-state index contributed by atoms with van der Waals surface area (Å²) in [6, 6.07) is 16.5. The normalized spacial score (nSPS) is 11.6. The molecule has 0 fully saturated rings. The average Bonchev–Trinajstić information content (AvgIpc) is 3.42. The van der Waals surface area contributed by atoms with E-state index in [9.17, 15) is 0 Å². The summed E-state index contributed by atoms with van der Waals surface area (Å²) in [5.74, 6) is 1.73. The molecule has 9 heteroatoms. The van der Waals surface area contributed by atoms with Gasteiger partial charge in [0.05, 0.1) is 23.1 Å². The van der Waals surface area contributed by atoms with Crippen molar-refractivity contribution in [2.24, 2.45) is 0 Å². The molecule has 0 aliphatic carbocycles. The lowest BCUT2D eigenvalue weighted by atomic mass is 10.2. The van der Waals surface area contributed by atoms with E-state index in [1.54, 1.807) is 0 Å². The number of nitrogens with one attached hydrogen (secondary N) is 1. The van der Waals surface area contributed by atoms with Crippen molar-refractivity contribution in [3.8, 4) is 0 Å². The van der Waals surface area contributed by atoms with Crippen molar-refractivity contribution >= 4 is 44.5 Å². The number of halogens is 1. The highest BCUT2D eigenvalue weighted by Crippen LogP contribution is 2.22. The molecular formula is C19H17IN8. The third-order valence-corrected chi connectivity index (χ3v) is 5.61. The third kappa shape index (κ3) is 3.15. The van der Waals surface area contributed by atoms with Crippen molar-refractivity contribution in [2.75, 3.05) is 0 Å². The van der Waals surface area contributed by atoms with Crippen LogP contribution in [0.25, 0.3) is 21.9 Å². The first kappa shape index (κ1) is 17.3. The summed E-state index contributed by atoms with van der Waals surface area (Å²) >= 11 is 2.29. The first-order valence-electron chi connectivity index (χ1n) is 9.07. The summed E-state index contributed by atoms with van der Waals surface area (Å²) < 4.78 is 5.32. The number of imidazole rings is 1. The second-order valence-electron chi connectivity index (χ2n) is 6.57. The van der Waals surface area contributed by atoms with Crippen LogP contribution in [0.2, 0.25) is 0 Å². The van der Waals surface area contributed by atoms with Gasteiger partial charge < -0.3 is 4.57 Å². The number of nitrogens with zero attached hydrogens (tertiary/aromatic N) is 7. The van der Waals surface area contributed by atoms with Crippen LogP contribution in [0.3, 0.4) is 0 Å². The van der Waals surface area contributed by atoms with Crippen molar-refractivity contribution < 1.29 is 0 Å². The Kier molecular flexibility index (Phi) is 4.51. The zero-order chi connectivity index (χ0) is 18.9. The van der Waals surface area contributed by atoms with Gasteiger partial charge in [0.15, 0.2) is 5.82 Å². The molecule has 5 rings (SSSR count). The van der Waals surface area contributed by atoms with E-state index >= 15 is 0 Å². The lowest BCUT2D eigenvalue weighted by Crippen LogP contribution is -2.11. The van der Waals surface area contributed by atoms with Crippen LogP contribution in [0.5, 0.6) is 0 Å². The number of hydrogen-bond donors (Lipinski definition) is 1. The Labute approximate surface area is 174 Å². The predicted molar refractivity (Wildman–Crippen MR) is 114 cm³/mol. The Morgan fingerprint density at radius 1 is 1.00 bits per heavy atom. The molecule has 0 amide bonds. The number of fused-ring (bicyclic) bond motifs is 2. The zero-order valence-corrected chi connectivity index (χ0v) is 17.1. The molecule has 0 spiro atoms. The average molecular weight is 484 g/mol. The van der Waals surface area contributed by atoms with Gasteiger partial charge in [0.1, 0.15) is 9.53 Å². The molecule has 0 aliphatic heterocycles. The number of aryl methyl sites for hydroxylation is 2. The van der Waals surface area contributed by atoms with Crippen LogP contribution in [0.1, 0.15) is 18.1 Å². The fraction of sp³-hybridized carbons (Fsp3) is 0.211. The summed E-state index contributed by atoms with van der Waals surface area (Å²) in [5, 5.41) is 20.1. The van der Waals surface area contributed by atoms with Crippen molar-refractivity contribution in [1.82, 2.24) is 40.0 Å². The van der Waals surface area contributed by atoms with Crippen LogP contribution >= 0.6 is 22.6 Å². The second kappa shape index (κ2) is 7.30. The Balaban J connectivity index is 1.49. The van der Waals surface area contributed by atoms with Crippen molar-refractivity contribution in [1.29, 1.82) is 0 Å². The predicted octanol–water partition coefficient (Wildman–Crippen LogP) is 3.18. The largest absolute Gasteiger partial charge is 0.326 e. The molecule has 0 unspecified atom stereocenters. The standard InChI is InChI=1S/C19H17IN8/c20-19-13-6-1-3-8-15(13)28(24-19)12-18-21-14-7-2-4-9-16(14)27(18)11-5-10-17-22-25-26-23-17/h1-4,6-9H,5,10-12H2,(H,22,23,25,26). The smallest absolute Gasteiger partial charge is 0.174 e. The van der Waals surface area contributed by atoms with Crippen LogP contribution in [0.15, 0.2) is 48.5 Å². The summed E-state index contributed by atoms with van der Waals surface area (Å²) in [4.78, 5) is 4.89. The highest BCUT2D eigenvalue weighted by atomic mass is 127. The SMILES string of the molecule is Ic1nn(Cc2nc3ccccc3n2CCCc2nn[nH]n2)c2ccccc12. The topological polar surface area (TPSA) is 90.1 Å². The second-order valence-corrected chi connectivity index (χ2v) is 7.59. The highest BCUT2D eigenvalue weighted by molar-refractivity contribution is 14.1. The maximum atomic E-state index is 4.89. The number of hydrogen-bond acceptors (Lipinski definition) is 5.